The molecule has 2 aliphatic heterocycles. The van der Waals surface area contributed by atoms with Gasteiger partial charge in [0.05, 0.1) is 6.10 Å². The molecule has 3 unspecified atom stereocenters. The van der Waals surface area contributed by atoms with Gasteiger partial charge in [-0.1, -0.05) is 6.07 Å². The van der Waals surface area contributed by atoms with E-state index >= 15 is 0 Å². The Morgan fingerprint density at radius 3 is 3.05 bits per heavy atom. The van der Waals surface area contributed by atoms with Crippen LogP contribution in [0.25, 0.3) is 0 Å². The Bertz CT molecular complexity index is 573. The van der Waals surface area contributed by atoms with Crippen LogP contribution in [-0.4, -0.2) is 42.9 Å². The molecule has 1 fully saturated rings. The van der Waals surface area contributed by atoms with E-state index in [1.165, 1.54) is 11.1 Å². The Kier molecular flexibility index (Phi) is 2.95. The average molecular weight is 289 g/mol. The zero-order valence-electron chi connectivity index (χ0n) is 12.8. The Morgan fingerprint density at radius 2 is 2.24 bits per heavy atom. The first kappa shape index (κ1) is 13.4. The molecule has 1 aromatic rings. The summed E-state index contributed by atoms with van der Waals surface area (Å²) in [5.41, 5.74) is 2.68. The first-order chi connectivity index (χ1) is 10.1. The fourth-order valence-electron chi connectivity index (χ4n) is 4.55. The van der Waals surface area contributed by atoms with E-state index in [-0.39, 0.29) is 17.6 Å². The minimum absolute atomic E-state index is 0.0726. The summed E-state index contributed by atoms with van der Waals surface area (Å²) in [6.07, 6.45) is 4.62. The van der Waals surface area contributed by atoms with Crippen molar-refractivity contribution in [3.63, 3.8) is 0 Å². The summed E-state index contributed by atoms with van der Waals surface area (Å²) >= 11 is 0. The molecule has 0 saturated heterocycles. The van der Waals surface area contributed by atoms with Crippen molar-refractivity contribution >= 4 is 0 Å². The van der Waals surface area contributed by atoms with Gasteiger partial charge >= 0.3 is 0 Å². The molecule has 3 aliphatic rings. The molecule has 1 spiro atoms. The van der Waals surface area contributed by atoms with E-state index in [0.717, 1.165) is 44.5 Å². The van der Waals surface area contributed by atoms with Crippen LogP contribution in [0.1, 0.15) is 36.8 Å². The number of nitrogens with zero attached hydrogens (tertiary/aromatic N) is 1. The van der Waals surface area contributed by atoms with Gasteiger partial charge in [0.2, 0.25) is 0 Å². The average Bonchev–Trinajstić information content (AvgIpc) is 2.76. The lowest BCUT2D eigenvalue weighted by Crippen LogP contribution is -2.46. The molecule has 4 heteroatoms. The van der Waals surface area contributed by atoms with Crippen LogP contribution in [0, 0.1) is 0 Å². The molecule has 21 heavy (non-hydrogen) atoms. The predicted molar refractivity (Wildman–Crippen MR) is 79.8 cm³/mol. The van der Waals surface area contributed by atoms with Crippen LogP contribution in [0.2, 0.25) is 0 Å². The molecule has 4 nitrogen and oxygen atoms in total. The predicted octanol–water partition coefficient (Wildman–Crippen LogP) is 2.43. The van der Waals surface area contributed by atoms with Crippen LogP contribution in [-0.2, 0) is 16.7 Å². The Morgan fingerprint density at radius 1 is 1.38 bits per heavy atom. The molecule has 0 amide bonds. The van der Waals surface area contributed by atoms with E-state index in [1.807, 2.05) is 0 Å². The number of phenolic OH excluding ortho intramolecular Hbond substituents is 1. The minimum atomic E-state index is 0.0726. The van der Waals surface area contributed by atoms with Crippen LogP contribution in [0.15, 0.2) is 12.1 Å². The van der Waals surface area contributed by atoms with E-state index < -0.39 is 0 Å². The topological polar surface area (TPSA) is 41.9 Å². The van der Waals surface area contributed by atoms with E-state index in [9.17, 15) is 5.11 Å². The van der Waals surface area contributed by atoms with Crippen molar-refractivity contribution in [2.24, 2.45) is 0 Å². The van der Waals surface area contributed by atoms with Gasteiger partial charge in [-0.15, -0.1) is 0 Å². The summed E-state index contributed by atoms with van der Waals surface area (Å²) in [6.45, 7) is 2.01. The number of hydrogen-bond donors (Lipinski definition) is 1. The fraction of sp³-hybridized carbons (Fsp3) is 0.647. The molecule has 1 aromatic carbocycles. The Hall–Kier alpha value is -1.26. The number of hydrogen-bond acceptors (Lipinski definition) is 4. The van der Waals surface area contributed by atoms with Gasteiger partial charge in [-0.25, -0.2) is 0 Å². The third kappa shape index (κ3) is 1.82. The van der Waals surface area contributed by atoms with Gasteiger partial charge < -0.3 is 19.5 Å². The maximum atomic E-state index is 10.2. The Labute approximate surface area is 125 Å². The third-order valence-electron chi connectivity index (χ3n) is 5.70. The van der Waals surface area contributed by atoms with Gasteiger partial charge in [0, 0.05) is 31.1 Å². The van der Waals surface area contributed by atoms with Gasteiger partial charge in [0.1, 0.15) is 6.10 Å². The molecule has 4 rings (SSSR count). The van der Waals surface area contributed by atoms with Gasteiger partial charge in [0.25, 0.3) is 0 Å². The zero-order valence-corrected chi connectivity index (χ0v) is 12.8. The second kappa shape index (κ2) is 4.62. The fourth-order valence-corrected chi connectivity index (χ4v) is 4.55. The standard InChI is InChI=1S/C17H23NO3/c1-18-8-7-17-6-5-12(20-2)9-14(17)21-16-13(19)4-3-11(10-18)15(16)17/h3-4,12,14,19H,5-10H2,1-2H3. The highest BCUT2D eigenvalue weighted by molar-refractivity contribution is 5.58. The summed E-state index contributed by atoms with van der Waals surface area (Å²) < 4.78 is 11.8. The van der Waals surface area contributed by atoms with E-state index in [0.29, 0.717) is 5.75 Å². The SMILES string of the molecule is COC1CCC23CCN(C)Cc4ccc(O)c(c42)OC3C1. The quantitative estimate of drug-likeness (QED) is 0.862. The largest absolute Gasteiger partial charge is 0.504 e. The van der Waals surface area contributed by atoms with Crippen LogP contribution in [0.4, 0.5) is 0 Å². The molecule has 1 saturated carbocycles. The van der Waals surface area contributed by atoms with Gasteiger partial charge in [0.15, 0.2) is 11.5 Å². The van der Waals surface area contributed by atoms with Crippen molar-refractivity contribution in [3.8, 4) is 11.5 Å². The van der Waals surface area contributed by atoms with Crippen molar-refractivity contribution in [1.82, 2.24) is 4.90 Å². The van der Waals surface area contributed by atoms with E-state index in [4.69, 9.17) is 9.47 Å². The monoisotopic (exact) mass is 289 g/mol. The first-order valence-corrected chi connectivity index (χ1v) is 7.87. The summed E-state index contributed by atoms with van der Waals surface area (Å²) in [6, 6.07) is 3.86. The molecular weight excluding hydrogens is 266 g/mol. The van der Waals surface area contributed by atoms with Crippen LogP contribution in [0.3, 0.4) is 0 Å². The van der Waals surface area contributed by atoms with Crippen molar-refractivity contribution in [2.75, 3.05) is 20.7 Å². The molecule has 0 aromatic heterocycles. The molecule has 114 valence electrons. The molecule has 2 heterocycles. The molecular formula is C17H23NO3. The number of rotatable bonds is 1. The van der Waals surface area contributed by atoms with Crippen LogP contribution < -0.4 is 4.74 Å². The number of benzene rings is 1. The Balaban J connectivity index is 1.85. The minimum Gasteiger partial charge on any atom is -0.504 e. The molecule has 0 radical (unpaired) electrons. The van der Waals surface area contributed by atoms with Gasteiger partial charge in [-0.2, -0.15) is 0 Å². The molecule has 1 N–H and O–H groups in total. The molecule has 1 aliphatic carbocycles. The highest BCUT2D eigenvalue weighted by Gasteiger charge is 2.54. The summed E-state index contributed by atoms with van der Waals surface area (Å²) in [7, 11) is 3.96. The molecule has 3 atom stereocenters. The van der Waals surface area contributed by atoms with Gasteiger partial charge in [-0.05, 0) is 44.5 Å². The second-order valence-electron chi connectivity index (χ2n) is 6.83. The zero-order chi connectivity index (χ0) is 14.6. The van der Waals surface area contributed by atoms with Crippen molar-refractivity contribution in [2.45, 2.75) is 49.9 Å². The van der Waals surface area contributed by atoms with Crippen LogP contribution in [0.5, 0.6) is 11.5 Å². The second-order valence-corrected chi connectivity index (χ2v) is 6.83. The molecule has 0 bridgehead atoms. The maximum Gasteiger partial charge on any atom is 0.165 e. The maximum absolute atomic E-state index is 10.2. The van der Waals surface area contributed by atoms with Crippen molar-refractivity contribution < 1.29 is 14.6 Å². The number of ether oxygens (including phenoxy) is 2. The van der Waals surface area contributed by atoms with Crippen LogP contribution >= 0.6 is 0 Å². The van der Waals surface area contributed by atoms with E-state index in [1.54, 1.807) is 13.2 Å². The number of aromatic hydroxyl groups is 1. The normalized spacial score (nSPS) is 34.8. The highest BCUT2D eigenvalue weighted by Crippen LogP contribution is 2.57. The summed E-state index contributed by atoms with van der Waals surface area (Å²) in [5, 5.41) is 10.2. The van der Waals surface area contributed by atoms with Crippen molar-refractivity contribution in [3.05, 3.63) is 23.3 Å². The van der Waals surface area contributed by atoms with E-state index in [2.05, 4.69) is 18.0 Å². The summed E-state index contributed by atoms with van der Waals surface area (Å²) in [5.74, 6) is 1.03. The number of methoxy groups -OCH3 is 1. The smallest absolute Gasteiger partial charge is 0.165 e. The summed E-state index contributed by atoms with van der Waals surface area (Å²) in [4.78, 5) is 2.37. The highest BCUT2D eigenvalue weighted by atomic mass is 16.5. The lowest BCUT2D eigenvalue weighted by molar-refractivity contribution is -0.0110. The first-order valence-electron chi connectivity index (χ1n) is 7.87. The lowest BCUT2D eigenvalue weighted by Gasteiger charge is -2.41. The lowest BCUT2D eigenvalue weighted by atomic mass is 9.65. The van der Waals surface area contributed by atoms with Crippen molar-refractivity contribution in [1.29, 1.82) is 0 Å². The number of phenols is 1. The third-order valence-corrected chi connectivity index (χ3v) is 5.70. The van der Waals surface area contributed by atoms with Gasteiger partial charge in [-0.3, -0.25) is 0 Å².